The molecule has 1 aliphatic heterocycles. The third-order valence-electron chi connectivity index (χ3n) is 3.89. The minimum Gasteiger partial charge on any atom is -0.337 e. The number of carbonyl (C=O) groups is 1. The molecule has 22 heavy (non-hydrogen) atoms. The highest BCUT2D eigenvalue weighted by atomic mass is 32.2. The first-order valence-corrected chi connectivity index (χ1v) is 9.06. The summed E-state index contributed by atoms with van der Waals surface area (Å²) >= 11 is 3.30. The summed E-state index contributed by atoms with van der Waals surface area (Å²) in [5, 5.41) is 2.99. The lowest BCUT2D eigenvalue weighted by atomic mass is 10.1. The molecule has 0 saturated heterocycles. The van der Waals surface area contributed by atoms with Crippen LogP contribution >= 0.6 is 23.1 Å². The van der Waals surface area contributed by atoms with Crippen LogP contribution < -0.4 is 0 Å². The van der Waals surface area contributed by atoms with Crippen LogP contribution in [-0.4, -0.2) is 32.5 Å². The number of amides is 1. The molecule has 0 atom stereocenters. The maximum Gasteiger partial charge on any atom is 0.233 e. The monoisotopic (exact) mass is 329 g/mol. The Bertz CT molecular complexity index is 824. The Balaban J connectivity index is 1.43. The van der Waals surface area contributed by atoms with Crippen LogP contribution in [0.3, 0.4) is 0 Å². The van der Waals surface area contributed by atoms with Crippen LogP contribution in [0.25, 0.3) is 5.52 Å². The van der Waals surface area contributed by atoms with Gasteiger partial charge in [0.05, 0.1) is 17.5 Å². The van der Waals surface area contributed by atoms with Gasteiger partial charge in [-0.2, -0.15) is 0 Å². The molecule has 0 saturated carbocycles. The minimum absolute atomic E-state index is 0.189. The number of thiophene rings is 1. The lowest BCUT2D eigenvalue weighted by Gasteiger charge is -2.26. The van der Waals surface area contributed by atoms with Crippen molar-refractivity contribution in [3.63, 3.8) is 0 Å². The maximum atomic E-state index is 12.4. The number of nitrogens with zero attached hydrogens (tertiary/aromatic N) is 3. The van der Waals surface area contributed by atoms with E-state index in [1.54, 1.807) is 11.3 Å². The second-order valence-electron chi connectivity index (χ2n) is 5.26. The lowest BCUT2D eigenvalue weighted by molar-refractivity contribution is -0.129. The smallest absolute Gasteiger partial charge is 0.233 e. The van der Waals surface area contributed by atoms with Crippen molar-refractivity contribution in [2.24, 2.45) is 0 Å². The predicted molar refractivity (Wildman–Crippen MR) is 89.4 cm³/mol. The van der Waals surface area contributed by atoms with Crippen LogP contribution in [0.1, 0.15) is 10.4 Å². The molecule has 0 fully saturated rings. The average Bonchev–Trinajstić information content (AvgIpc) is 3.18. The first-order chi connectivity index (χ1) is 10.8. The number of pyridine rings is 1. The molecule has 1 aliphatic rings. The molecule has 0 aliphatic carbocycles. The van der Waals surface area contributed by atoms with Crippen LogP contribution in [0.4, 0.5) is 0 Å². The van der Waals surface area contributed by atoms with Gasteiger partial charge in [0.2, 0.25) is 5.91 Å². The normalized spacial score (nSPS) is 14.3. The van der Waals surface area contributed by atoms with Gasteiger partial charge in [-0.1, -0.05) is 17.8 Å². The van der Waals surface area contributed by atoms with Crippen LogP contribution in [0.5, 0.6) is 0 Å². The molecule has 112 valence electrons. The molecule has 1 amide bonds. The van der Waals surface area contributed by atoms with E-state index in [0.29, 0.717) is 5.75 Å². The molecule has 0 N–H and O–H groups in total. The van der Waals surface area contributed by atoms with Gasteiger partial charge in [0.25, 0.3) is 0 Å². The Hall–Kier alpha value is -1.79. The number of imidazole rings is 1. The zero-order valence-electron chi connectivity index (χ0n) is 11.9. The topological polar surface area (TPSA) is 37.6 Å². The summed E-state index contributed by atoms with van der Waals surface area (Å²) in [6.45, 7) is 1.58. The van der Waals surface area contributed by atoms with Crippen LogP contribution in [-0.2, 0) is 17.8 Å². The van der Waals surface area contributed by atoms with E-state index in [4.69, 9.17) is 0 Å². The van der Waals surface area contributed by atoms with Gasteiger partial charge in [-0.25, -0.2) is 4.98 Å². The average molecular weight is 329 g/mol. The van der Waals surface area contributed by atoms with Crippen LogP contribution in [0.2, 0.25) is 0 Å². The van der Waals surface area contributed by atoms with Gasteiger partial charge in [-0.15, -0.1) is 11.3 Å². The molecule has 0 unspecified atom stereocenters. The number of aromatic nitrogens is 2. The second kappa shape index (κ2) is 5.78. The lowest BCUT2D eigenvalue weighted by Crippen LogP contribution is -2.36. The van der Waals surface area contributed by atoms with Gasteiger partial charge < -0.3 is 4.90 Å². The van der Waals surface area contributed by atoms with Crippen molar-refractivity contribution in [3.8, 4) is 0 Å². The van der Waals surface area contributed by atoms with E-state index in [9.17, 15) is 4.79 Å². The van der Waals surface area contributed by atoms with E-state index in [-0.39, 0.29) is 5.91 Å². The van der Waals surface area contributed by atoms with E-state index < -0.39 is 0 Å². The van der Waals surface area contributed by atoms with Gasteiger partial charge in [0.15, 0.2) is 5.16 Å². The molecule has 6 heteroatoms. The van der Waals surface area contributed by atoms with Crippen molar-refractivity contribution in [2.75, 3.05) is 12.3 Å². The fourth-order valence-electron chi connectivity index (χ4n) is 2.70. The second-order valence-corrected chi connectivity index (χ2v) is 7.20. The van der Waals surface area contributed by atoms with E-state index >= 15 is 0 Å². The summed E-state index contributed by atoms with van der Waals surface area (Å²) in [5.41, 5.74) is 2.36. The highest BCUT2D eigenvalue weighted by Crippen LogP contribution is 2.25. The quantitative estimate of drug-likeness (QED) is 0.693. The summed E-state index contributed by atoms with van der Waals surface area (Å²) in [7, 11) is 0. The predicted octanol–water partition coefficient (Wildman–Crippen LogP) is 3.07. The number of hydrogen-bond acceptors (Lipinski definition) is 4. The Labute approximate surface area is 136 Å². The van der Waals surface area contributed by atoms with Crippen LogP contribution in [0.15, 0.2) is 47.2 Å². The van der Waals surface area contributed by atoms with Crippen molar-refractivity contribution >= 4 is 34.5 Å². The Morgan fingerprint density at radius 3 is 3.27 bits per heavy atom. The molecular weight excluding hydrogens is 314 g/mol. The Kier molecular flexibility index (Phi) is 3.63. The zero-order chi connectivity index (χ0) is 14.9. The largest absolute Gasteiger partial charge is 0.337 e. The molecule has 4 heterocycles. The SMILES string of the molecule is O=C(CSc1ncc2ccccn12)N1CCc2sccc2C1. The van der Waals surface area contributed by atoms with Gasteiger partial charge in [0, 0.05) is 24.2 Å². The minimum atomic E-state index is 0.189. The van der Waals surface area contributed by atoms with Gasteiger partial charge >= 0.3 is 0 Å². The molecule has 4 nitrogen and oxygen atoms in total. The number of thioether (sulfide) groups is 1. The molecule has 3 aromatic rings. The molecule has 0 bridgehead atoms. The Morgan fingerprint density at radius 1 is 1.36 bits per heavy atom. The molecule has 0 radical (unpaired) electrons. The fraction of sp³-hybridized carbons (Fsp3) is 0.250. The van der Waals surface area contributed by atoms with E-state index in [2.05, 4.69) is 16.4 Å². The van der Waals surface area contributed by atoms with Crippen molar-refractivity contribution in [1.82, 2.24) is 14.3 Å². The highest BCUT2D eigenvalue weighted by Gasteiger charge is 2.21. The highest BCUT2D eigenvalue weighted by molar-refractivity contribution is 7.99. The summed E-state index contributed by atoms with van der Waals surface area (Å²) in [6.07, 6.45) is 4.80. The standard InChI is InChI=1S/C16H15N3OS2/c20-15(18-7-4-14-12(10-18)5-8-21-14)11-22-16-17-9-13-3-1-2-6-19(13)16/h1-3,5-6,8-9H,4,7,10-11H2. The maximum absolute atomic E-state index is 12.4. The summed E-state index contributed by atoms with van der Waals surface area (Å²) in [6, 6.07) is 8.11. The van der Waals surface area contributed by atoms with E-state index in [0.717, 1.165) is 30.2 Å². The van der Waals surface area contributed by atoms with Crippen molar-refractivity contribution in [2.45, 2.75) is 18.1 Å². The molecule has 0 aromatic carbocycles. The number of rotatable bonds is 3. The third-order valence-corrected chi connectivity index (χ3v) is 5.86. The number of hydrogen-bond donors (Lipinski definition) is 0. The molecule has 4 rings (SSSR count). The first kappa shape index (κ1) is 13.8. The van der Waals surface area contributed by atoms with Crippen molar-refractivity contribution in [3.05, 3.63) is 52.5 Å². The first-order valence-electron chi connectivity index (χ1n) is 7.19. The molecule has 0 spiro atoms. The third kappa shape index (κ3) is 2.53. The van der Waals surface area contributed by atoms with Gasteiger partial charge in [-0.05, 0) is 35.6 Å². The van der Waals surface area contributed by atoms with Crippen molar-refractivity contribution < 1.29 is 4.79 Å². The molecular formula is C16H15N3OS2. The van der Waals surface area contributed by atoms with Gasteiger partial charge in [0.1, 0.15) is 0 Å². The van der Waals surface area contributed by atoms with Crippen LogP contribution in [0, 0.1) is 0 Å². The zero-order valence-corrected chi connectivity index (χ0v) is 13.6. The fourth-order valence-corrected chi connectivity index (χ4v) is 4.46. The van der Waals surface area contributed by atoms with Crippen molar-refractivity contribution in [1.29, 1.82) is 0 Å². The number of fused-ring (bicyclic) bond motifs is 2. The number of carbonyl (C=O) groups excluding carboxylic acids is 1. The Morgan fingerprint density at radius 2 is 2.32 bits per heavy atom. The summed E-state index contributed by atoms with van der Waals surface area (Å²) in [5.74, 6) is 0.627. The molecule has 3 aromatic heterocycles. The summed E-state index contributed by atoms with van der Waals surface area (Å²) < 4.78 is 2.02. The van der Waals surface area contributed by atoms with E-state index in [1.165, 1.54) is 22.2 Å². The van der Waals surface area contributed by atoms with Gasteiger partial charge in [-0.3, -0.25) is 9.20 Å². The summed E-state index contributed by atoms with van der Waals surface area (Å²) in [4.78, 5) is 20.2. The van der Waals surface area contributed by atoms with E-state index in [1.807, 2.05) is 39.9 Å².